The van der Waals surface area contributed by atoms with E-state index in [4.69, 9.17) is 23.8 Å². The van der Waals surface area contributed by atoms with Gasteiger partial charge in [0, 0.05) is 23.8 Å². The van der Waals surface area contributed by atoms with Gasteiger partial charge in [-0.3, -0.25) is 0 Å². The largest absolute Gasteiger partial charge is 0.380 e. The molecule has 0 saturated carbocycles. The summed E-state index contributed by atoms with van der Waals surface area (Å²) in [5.41, 5.74) is 2.78. The first-order valence-corrected chi connectivity index (χ1v) is 11.4. The number of thiocarbonyl (C=S) groups is 1. The Hall–Kier alpha value is -2.40. The minimum Gasteiger partial charge on any atom is -0.380 e. The van der Waals surface area contributed by atoms with Gasteiger partial charge < -0.3 is 15.3 Å². The van der Waals surface area contributed by atoms with E-state index in [0.29, 0.717) is 5.11 Å². The van der Waals surface area contributed by atoms with E-state index in [9.17, 15) is 5.11 Å². The van der Waals surface area contributed by atoms with Crippen LogP contribution in [0.2, 0.25) is 5.02 Å². The lowest BCUT2D eigenvalue weighted by molar-refractivity contribution is -0.00631. The Morgan fingerprint density at radius 1 is 0.935 bits per heavy atom. The third kappa shape index (κ3) is 4.47. The zero-order valence-corrected chi connectivity index (χ0v) is 19.2. The molecule has 3 aromatic carbocycles. The van der Waals surface area contributed by atoms with Crippen LogP contribution < -0.4 is 5.32 Å². The minimum absolute atomic E-state index is 0.101. The Morgan fingerprint density at radius 2 is 1.48 bits per heavy atom. The van der Waals surface area contributed by atoms with Gasteiger partial charge in [-0.05, 0) is 66.7 Å². The molecule has 0 unspecified atom stereocenters. The van der Waals surface area contributed by atoms with Crippen LogP contribution in [-0.2, 0) is 5.60 Å². The molecule has 5 heteroatoms. The van der Waals surface area contributed by atoms with Crippen LogP contribution in [0, 0.1) is 12.8 Å². The van der Waals surface area contributed by atoms with Gasteiger partial charge in [0.05, 0.1) is 0 Å². The van der Waals surface area contributed by atoms with E-state index >= 15 is 0 Å². The molecule has 0 spiro atoms. The van der Waals surface area contributed by atoms with Crippen LogP contribution in [0.4, 0.5) is 5.69 Å². The van der Waals surface area contributed by atoms with Crippen LogP contribution in [0.1, 0.15) is 29.5 Å². The first-order chi connectivity index (χ1) is 15.0. The number of piperidine rings is 1. The van der Waals surface area contributed by atoms with Crippen molar-refractivity contribution in [1.29, 1.82) is 0 Å². The predicted octanol–water partition coefficient (Wildman–Crippen LogP) is 5.99. The number of hydrogen-bond acceptors (Lipinski definition) is 2. The molecule has 3 nitrogen and oxygen atoms in total. The number of aliphatic hydroxyl groups is 1. The summed E-state index contributed by atoms with van der Waals surface area (Å²) in [6.45, 7) is 3.57. The van der Waals surface area contributed by atoms with Crippen LogP contribution in [0.15, 0.2) is 78.9 Å². The molecule has 1 heterocycles. The molecule has 1 aliphatic heterocycles. The topological polar surface area (TPSA) is 35.5 Å². The number of benzene rings is 3. The molecule has 0 amide bonds. The molecule has 4 rings (SSSR count). The molecule has 1 fully saturated rings. The Balaban J connectivity index is 1.51. The lowest BCUT2D eigenvalue weighted by Crippen LogP contribution is -2.47. The van der Waals surface area contributed by atoms with Gasteiger partial charge in [-0.15, -0.1) is 0 Å². The van der Waals surface area contributed by atoms with Gasteiger partial charge in [0.2, 0.25) is 0 Å². The highest BCUT2D eigenvalue weighted by Crippen LogP contribution is 2.42. The van der Waals surface area contributed by atoms with Crippen LogP contribution in [-0.4, -0.2) is 28.2 Å². The van der Waals surface area contributed by atoms with Crippen LogP contribution in [0.5, 0.6) is 0 Å². The molecule has 0 aromatic heterocycles. The highest BCUT2D eigenvalue weighted by Gasteiger charge is 2.41. The predicted molar refractivity (Wildman–Crippen MR) is 133 cm³/mol. The van der Waals surface area contributed by atoms with E-state index in [-0.39, 0.29) is 5.92 Å². The Bertz CT molecular complexity index is 994. The van der Waals surface area contributed by atoms with Crippen molar-refractivity contribution < 1.29 is 5.11 Å². The lowest BCUT2D eigenvalue weighted by Gasteiger charge is -2.43. The number of nitrogens with one attached hydrogen (secondary N) is 1. The zero-order valence-electron chi connectivity index (χ0n) is 17.6. The maximum atomic E-state index is 12.0. The molecule has 31 heavy (non-hydrogen) atoms. The minimum atomic E-state index is -1.02. The number of halogens is 1. The number of anilines is 1. The summed E-state index contributed by atoms with van der Waals surface area (Å²) in [4.78, 5) is 2.18. The lowest BCUT2D eigenvalue weighted by atomic mass is 9.72. The summed E-state index contributed by atoms with van der Waals surface area (Å²) in [6, 6.07) is 25.8. The highest BCUT2D eigenvalue weighted by atomic mass is 35.5. The van der Waals surface area contributed by atoms with Crippen molar-refractivity contribution in [2.24, 2.45) is 5.92 Å². The van der Waals surface area contributed by atoms with Crippen molar-refractivity contribution in [2.45, 2.75) is 25.4 Å². The van der Waals surface area contributed by atoms with Gasteiger partial charge in [0.1, 0.15) is 5.60 Å². The summed E-state index contributed by atoms with van der Waals surface area (Å²) >= 11 is 11.9. The monoisotopic (exact) mass is 450 g/mol. The summed E-state index contributed by atoms with van der Waals surface area (Å²) in [5, 5.41) is 16.8. The summed E-state index contributed by atoms with van der Waals surface area (Å²) in [6.07, 6.45) is 1.69. The maximum absolute atomic E-state index is 12.0. The third-order valence-corrected chi connectivity index (χ3v) is 7.08. The van der Waals surface area contributed by atoms with E-state index in [1.807, 2.05) is 85.8 Å². The quantitative estimate of drug-likeness (QED) is 0.478. The molecule has 2 N–H and O–H groups in total. The molecular formula is C26H27ClN2OS. The highest BCUT2D eigenvalue weighted by molar-refractivity contribution is 7.80. The Kier molecular flexibility index (Phi) is 6.61. The van der Waals surface area contributed by atoms with Crippen molar-refractivity contribution in [3.63, 3.8) is 0 Å². The van der Waals surface area contributed by atoms with Crippen molar-refractivity contribution in [1.82, 2.24) is 4.90 Å². The van der Waals surface area contributed by atoms with Gasteiger partial charge in [0.25, 0.3) is 0 Å². The molecule has 1 saturated heterocycles. The fourth-order valence-electron chi connectivity index (χ4n) is 4.46. The SMILES string of the molecule is Cc1c(Cl)cccc1NC(=S)N1CCC(C(O)(c2ccccc2)c2ccccc2)CC1. The summed E-state index contributed by atoms with van der Waals surface area (Å²) < 4.78 is 0. The van der Waals surface area contributed by atoms with Crippen LogP contribution in [0.3, 0.4) is 0 Å². The van der Waals surface area contributed by atoms with E-state index in [0.717, 1.165) is 53.3 Å². The van der Waals surface area contributed by atoms with Gasteiger partial charge in [-0.25, -0.2) is 0 Å². The number of nitrogens with zero attached hydrogens (tertiary/aromatic N) is 1. The average Bonchev–Trinajstić information content (AvgIpc) is 2.82. The third-order valence-electron chi connectivity index (χ3n) is 6.31. The van der Waals surface area contributed by atoms with Crippen molar-refractivity contribution >= 4 is 34.6 Å². The molecular weight excluding hydrogens is 424 g/mol. The molecule has 160 valence electrons. The molecule has 0 aliphatic carbocycles. The van der Waals surface area contributed by atoms with Crippen molar-refractivity contribution in [3.8, 4) is 0 Å². The smallest absolute Gasteiger partial charge is 0.173 e. The van der Waals surface area contributed by atoms with Crippen LogP contribution in [0.25, 0.3) is 0 Å². The summed E-state index contributed by atoms with van der Waals surface area (Å²) in [7, 11) is 0. The molecule has 0 bridgehead atoms. The average molecular weight is 451 g/mol. The summed E-state index contributed by atoms with van der Waals surface area (Å²) in [5.74, 6) is 0.101. The van der Waals surface area contributed by atoms with E-state index in [1.54, 1.807) is 0 Å². The Morgan fingerprint density at radius 3 is 2.03 bits per heavy atom. The number of likely N-dealkylation sites (tertiary alicyclic amines) is 1. The fraction of sp³-hybridized carbons (Fsp3) is 0.269. The van der Waals surface area contributed by atoms with Crippen molar-refractivity contribution in [2.75, 3.05) is 18.4 Å². The second-order valence-electron chi connectivity index (χ2n) is 8.10. The molecule has 0 radical (unpaired) electrons. The number of hydrogen-bond donors (Lipinski definition) is 2. The van der Waals surface area contributed by atoms with Gasteiger partial charge in [0.15, 0.2) is 5.11 Å². The Labute approximate surface area is 194 Å². The van der Waals surface area contributed by atoms with Crippen molar-refractivity contribution in [3.05, 3.63) is 101 Å². The zero-order chi connectivity index (χ0) is 21.8. The fourth-order valence-corrected chi connectivity index (χ4v) is 4.93. The second-order valence-corrected chi connectivity index (χ2v) is 8.90. The van der Waals surface area contributed by atoms with E-state index < -0.39 is 5.60 Å². The first-order valence-electron chi connectivity index (χ1n) is 10.6. The molecule has 3 aromatic rings. The van der Waals surface area contributed by atoms with Gasteiger partial charge in [-0.1, -0.05) is 78.3 Å². The normalized spacial score (nSPS) is 15.0. The standard InChI is InChI=1S/C26H27ClN2OS/c1-19-23(27)13-8-14-24(19)28-25(31)29-17-15-22(16-18-29)26(30,20-9-4-2-5-10-20)21-11-6-3-7-12-21/h2-14,22,30H,15-18H2,1H3,(H,28,31). The van der Waals surface area contributed by atoms with E-state index in [1.165, 1.54) is 0 Å². The van der Waals surface area contributed by atoms with Crippen LogP contribution >= 0.6 is 23.8 Å². The van der Waals surface area contributed by atoms with Gasteiger partial charge >= 0.3 is 0 Å². The number of rotatable bonds is 4. The first kappa shape index (κ1) is 21.8. The second kappa shape index (κ2) is 9.39. The molecule has 1 aliphatic rings. The molecule has 0 atom stereocenters. The van der Waals surface area contributed by atoms with E-state index in [2.05, 4.69) is 10.2 Å². The maximum Gasteiger partial charge on any atom is 0.173 e. The van der Waals surface area contributed by atoms with Gasteiger partial charge in [-0.2, -0.15) is 0 Å².